The average Bonchev–Trinajstić information content (AvgIpc) is 2.53. The van der Waals surface area contributed by atoms with Gasteiger partial charge in [-0.15, -0.1) is 0 Å². The molecule has 3 rings (SSSR count). The molecular formula is C19H20N2O2. The van der Waals surface area contributed by atoms with Gasteiger partial charge in [0.25, 0.3) is 5.56 Å². The van der Waals surface area contributed by atoms with E-state index < -0.39 is 0 Å². The third kappa shape index (κ3) is 2.84. The number of nitrogens with zero attached hydrogens (tertiary/aromatic N) is 1. The van der Waals surface area contributed by atoms with E-state index in [4.69, 9.17) is 4.74 Å². The maximum Gasteiger partial charge on any atom is 0.259 e. The normalized spacial score (nSPS) is 11.7. The number of hydrogen-bond donors (Lipinski definition) is 1. The fraction of sp³-hybridized carbons (Fsp3) is 0.263. The number of para-hydroxylation sites is 1. The zero-order valence-electron chi connectivity index (χ0n) is 13.8. The number of ether oxygens (including phenoxy) is 1. The number of rotatable bonds is 2. The highest BCUT2D eigenvalue weighted by Crippen LogP contribution is 2.33. The van der Waals surface area contributed by atoms with Crippen LogP contribution >= 0.6 is 0 Å². The van der Waals surface area contributed by atoms with Gasteiger partial charge in [-0.2, -0.15) is 0 Å². The van der Waals surface area contributed by atoms with Crippen LogP contribution in [0.2, 0.25) is 0 Å². The van der Waals surface area contributed by atoms with Crippen LogP contribution in [0.15, 0.2) is 47.3 Å². The molecule has 0 amide bonds. The Kier molecular flexibility index (Phi) is 3.68. The quantitative estimate of drug-likeness (QED) is 0.781. The molecule has 0 saturated carbocycles. The van der Waals surface area contributed by atoms with Crippen LogP contribution in [-0.2, 0) is 5.41 Å². The van der Waals surface area contributed by atoms with E-state index in [0.717, 1.165) is 5.56 Å². The van der Waals surface area contributed by atoms with Crippen molar-refractivity contribution in [2.75, 3.05) is 7.11 Å². The Bertz CT molecular complexity index is 921. The third-order valence-electron chi connectivity index (χ3n) is 3.94. The Labute approximate surface area is 135 Å². The van der Waals surface area contributed by atoms with Gasteiger partial charge >= 0.3 is 0 Å². The van der Waals surface area contributed by atoms with Gasteiger partial charge in [-0.25, -0.2) is 4.98 Å². The van der Waals surface area contributed by atoms with Crippen molar-refractivity contribution in [3.63, 3.8) is 0 Å². The van der Waals surface area contributed by atoms with Crippen molar-refractivity contribution in [2.24, 2.45) is 0 Å². The van der Waals surface area contributed by atoms with Gasteiger partial charge in [-0.1, -0.05) is 39.0 Å². The van der Waals surface area contributed by atoms with E-state index in [1.807, 2.05) is 36.4 Å². The molecule has 0 unspecified atom stereocenters. The SMILES string of the molecule is COc1cc(C(C)(C)C)ccc1-c1nc2ccccc2c(=O)[nH]1. The average molecular weight is 308 g/mol. The molecule has 0 bridgehead atoms. The predicted octanol–water partition coefficient (Wildman–Crippen LogP) is 3.90. The molecule has 4 heteroatoms. The summed E-state index contributed by atoms with van der Waals surface area (Å²) < 4.78 is 5.53. The van der Waals surface area contributed by atoms with Crippen LogP contribution in [0.4, 0.5) is 0 Å². The fourth-order valence-electron chi connectivity index (χ4n) is 2.57. The number of fused-ring (bicyclic) bond motifs is 1. The lowest BCUT2D eigenvalue weighted by Crippen LogP contribution is -2.12. The topological polar surface area (TPSA) is 55.0 Å². The van der Waals surface area contributed by atoms with Crippen molar-refractivity contribution in [2.45, 2.75) is 26.2 Å². The zero-order valence-corrected chi connectivity index (χ0v) is 13.8. The Morgan fingerprint density at radius 2 is 1.83 bits per heavy atom. The molecule has 0 spiro atoms. The number of H-pyrrole nitrogens is 1. The molecule has 1 N–H and O–H groups in total. The lowest BCUT2D eigenvalue weighted by atomic mass is 9.86. The molecule has 118 valence electrons. The van der Waals surface area contributed by atoms with Gasteiger partial charge in [0.2, 0.25) is 0 Å². The Morgan fingerprint density at radius 3 is 2.52 bits per heavy atom. The summed E-state index contributed by atoms with van der Waals surface area (Å²) in [6.45, 7) is 6.45. The van der Waals surface area contributed by atoms with E-state index in [1.165, 1.54) is 5.56 Å². The van der Waals surface area contributed by atoms with Crippen molar-refractivity contribution in [3.05, 3.63) is 58.4 Å². The van der Waals surface area contributed by atoms with Gasteiger partial charge in [-0.3, -0.25) is 4.79 Å². The molecule has 2 aromatic carbocycles. The zero-order chi connectivity index (χ0) is 16.6. The highest BCUT2D eigenvalue weighted by Gasteiger charge is 2.17. The molecule has 0 radical (unpaired) electrons. The Hall–Kier alpha value is -2.62. The number of benzene rings is 2. The largest absolute Gasteiger partial charge is 0.496 e. The van der Waals surface area contributed by atoms with Gasteiger partial charge in [0.1, 0.15) is 11.6 Å². The first-order valence-corrected chi connectivity index (χ1v) is 7.58. The molecule has 0 aliphatic rings. The number of nitrogens with one attached hydrogen (secondary N) is 1. The van der Waals surface area contributed by atoms with Crippen LogP contribution in [0.1, 0.15) is 26.3 Å². The highest BCUT2D eigenvalue weighted by molar-refractivity contribution is 5.80. The van der Waals surface area contributed by atoms with E-state index in [0.29, 0.717) is 22.5 Å². The van der Waals surface area contributed by atoms with Crippen molar-refractivity contribution in [3.8, 4) is 17.1 Å². The summed E-state index contributed by atoms with van der Waals surface area (Å²) in [5.41, 5.74) is 2.50. The first-order chi connectivity index (χ1) is 10.9. The van der Waals surface area contributed by atoms with Crippen molar-refractivity contribution in [1.29, 1.82) is 0 Å². The van der Waals surface area contributed by atoms with E-state index >= 15 is 0 Å². The van der Waals surface area contributed by atoms with Crippen LogP contribution in [0.25, 0.3) is 22.3 Å². The van der Waals surface area contributed by atoms with E-state index in [2.05, 4.69) is 30.7 Å². The second-order valence-electron chi connectivity index (χ2n) is 6.60. The molecule has 4 nitrogen and oxygen atoms in total. The van der Waals surface area contributed by atoms with E-state index in [1.54, 1.807) is 13.2 Å². The second kappa shape index (κ2) is 5.54. The molecule has 0 aliphatic heterocycles. The molecule has 1 aromatic heterocycles. The van der Waals surface area contributed by atoms with Gasteiger partial charge < -0.3 is 9.72 Å². The monoisotopic (exact) mass is 308 g/mol. The summed E-state index contributed by atoms with van der Waals surface area (Å²) in [7, 11) is 1.63. The lowest BCUT2D eigenvalue weighted by molar-refractivity contribution is 0.414. The van der Waals surface area contributed by atoms with E-state index in [9.17, 15) is 4.79 Å². The number of hydrogen-bond acceptors (Lipinski definition) is 3. The minimum atomic E-state index is -0.146. The van der Waals surface area contributed by atoms with Crippen LogP contribution in [0.3, 0.4) is 0 Å². The molecule has 0 fully saturated rings. The fourth-order valence-corrected chi connectivity index (χ4v) is 2.57. The van der Waals surface area contributed by atoms with Crippen LogP contribution in [0.5, 0.6) is 5.75 Å². The predicted molar refractivity (Wildman–Crippen MR) is 93.1 cm³/mol. The summed E-state index contributed by atoms with van der Waals surface area (Å²) in [6, 6.07) is 13.3. The smallest absolute Gasteiger partial charge is 0.259 e. The Balaban J connectivity index is 2.20. The Morgan fingerprint density at radius 1 is 1.09 bits per heavy atom. The molecule has 23 heavy (non-hydrogen) atoms. The summed E-state index contributed by atoms with van der Waals surface area (Å²) in [5, 5.41) is 0.585. The van der Waals surface area contributed by atoms with Crippen LogP contribution in [0, 0.1) is 0 Å². The first kappa shape index (κ1) is 15.3. The highest BCUT2D eigenvalue weighted by atomic mass is 16.5. The molecular weight excluding hydrogens is 288 g/mol. The first-order valence-electron chi connectivity index (χ1n) is 7.58. The summed E-state index contributed by atoms with van der Waals surface area (Å²) in [4.78, 5) is 19.7. The van der Waals surface area contributed by atoms with Gasteiger partial charge in [0.15, 0.2) is 0 Å². The van der Waals surface area contributed by atoms with Crippen LogP contribution < -0.4 is 10.3 Å². The summed E-state index contributed by atoms with van der Waals surface area (Å²) >= 11 is 0. The summed E-state index contributed by atoms with van der Waals surface area (Å²) in [5.74, 6) is 1.22. The van der Waals surface area contributed by atoms with E-state index in [-0.39, 0.29) is 11.0 Å². The standard InChI is InChI=1S/C19H20N2O2/c1-19(2,3)12-9-10-14(16(11-12)23-4)17-20-15-8-6-5-7-13(15)18(22)21-17/h5-11H,1-4H3,(H,20,21,22). The molecule has 0 atom stereocenters. The molecule has 3 aromatic rings. The lowest BCUT2D eigenvalue weighted by Gasteiger charge is -2.20. The van der Waals surface area contributed by atoms with Gasteiger partial charge in [0, 0.05) is 0 Å². The van der Waals surface area contributed by atoms with Crippen LogP contribution in [-0.4, -0.2) is 17.1 Å². The molecule has 0 aliphatic carbocycles. The molecule has 1 heterocycles. The van der Waals surface area contributed by atoms with Gasteiger partial charge in [0.05, 0.1) is 23.6 Å². The maximum absolute atomic E-state index is 12.3. The molecule has 0 saturated heterocycles. The number of aromatic amines is 1. The minimum absolute atomic E-state index is 0.0238. The van der Waals surface area contributed by atoms with Gasteiger partial charge in [-0.05, 0) is 35.2 Å². The summed E-state index contributed by atoms with van der Waals surface area (Å²) in [6.07, 6.45) is 0. The van der Waals surface area contributed by atoms with Crippen molar-refractivity contribution >= 4 is 10.9 Å². The van der Waals surface area contributed by atoms with Crippen molar-refractivity contribution in [1.82, 2.24) is 9.97 Å². The minimum Gasteiger partial charge on any atom is -0.496 e. The third-order valence-corrected chi connectivity index (χ3v) is 3.94. The maximum atomic E-state index is 12.3. The number of methoxy groups -OCH3 is 1. The van der Waals surface area contributed by atoms with Crippen molar-refractivity contribution < 1.29 is 4.74 Å². The number of aromatic nitrogens is 2. The second-order valence-corrected chi connectivity index (χ2v) is 6.60.